The first-order chi connectivity index (χ1) is 14.1. The summed E-state index contributed by atoms with van der Waals surface area (Å²) in [6, 6.07) is 9.85. The maximum atomic E-state index is 13.3. The fourth-order valence-electron chi connectivity index (χ4n) is 3.65. The molecule has 1 aliphatic rings. The number of pyridine rings is 1. The minimum Gasteiger partial charge on any atom is -0.399 e. The number of carbonyl (C=O) groups excluding carboxylic acids is 1. The highest BCUT2D eigenvalue weighted by molar-refractivity contribution is 5.90. The molecule has 4 aromatic rings. The van der Waals surface area contributed by atoms with Crippen LogP contribution in [0.2, 0.25) is 0 Å². The van der Waals surface area contributed by atoms with Crippen LogP contribution >= 0.6 is 0 Å². The van der Waals surface area contributed by atoms with Gasteiger partial charge < -0.3 is 19.2 Å². The topological polar surface area (TPSA) is 104 Å². The molecule has 1 aliphatic heterocycles. The number of nitrogens with one attached hydrogen (secondary N) is 1. The highest BCUT2D eigenvalue weighted by Gasteiger charge is 2.37. The SMILES string of the molecule is CN(C)c1nnc(C(=O)N2CCc3[nH]cnc3[C@@H]2c2cc3ccccc3cn2)o1. The molecular weight excluding hydrogens is 370 g/mol. The normalized spacial score (nSPS) is 16.1. The first-order valence-corrected chi connectivity index (χ1v) is 9.30. The molecule has 3 aromatic heterocycles. The number of aromatic amines is 1. The molecular formula is C20H19N7O2. The van der Waals surface area contributed by atoms with Gasteiger partial charge in [0.2, 0.25) is 0 Å². The van der Waals surface area contributed by atoms with Crippen LogP contribution in [0.3, 0.4) is 0 Å². The molecule has 0 spiro atoms. The molecule has 1 N–H and O–H groups in total. The van der Waals surface area contributed by atoms with Crippen molar-refractivity contribution in [2.24, 2.45) is 0 Å². The average Bonchev–Trinajstić information content (AvgIpc) is 3.42. The number of H-pyrrole nitrogens is 1. The van der Waals surface area contributed by atoms with E-state index in [2.05, 4.69) is 25.1 Å². The van der Waals surface area contributed by atoms with Gasteiger partial charge in [-0.25, -0.2) is 4.98 Å². The van der Waals surface area contributed by atoms with Gasteiger partial charge in [-0.05, 0) is 11.5 Å². The van der Waals surface area contributed by atoms with Crippen molar-refractivity contribution in [3.05, 3.63) is 65.8 Å². The average molecular weight is 389 g/mol. The third kappa shape index (κ3) is 2.91. The van der Waals surface area contributed by atoms with Crippen LogP contribution in [0.4, 0.5) is 6.01 Å². The van der Waals surface area contributed by atoms with Gasteiger partial charge in [0.15, 0.2) is 0 Å². The highest BCUT2D eigenvalue weighted by atomic mass is 16.4. The van der Waals surface area contributed by atoms with E-state index in [4.69, 9.17) is 4.42 Å². The molecule has 0 saturated heterocycles. The van der Waals surface area contributed by atoms with E-state index in [1.807, 2.05) is 36.5 Å². The lowest BCUT2D eigenvalue weighted by molar-refractivity contribution is 0.0647. The number of fused-ring (bicyclic) bond motifs is 2. The second-order valence-electron chi connectivity index (χ2n) is 7.16. The van der Waals surface area contributed by atoms with Crippen LogP contribution in [0.5, 0.6) is 0 Å². The summed E-state index contributed by atoms with van der Waals surface area (Å²) >= 11 is 0. The summed E-state index contributed by atoms with van der Waals surface area (Å²) in [7, 11) is 3.56. The second kappa shape index (κ2) is 6.69. The zero-order valence-electron chi connectivity index (χ0n) is 16.0. The standard InChI is InChI=1S/C20H19N7O2/c1-26(2)20-25-24-18(29-20)19(28)27-8-7-14-16(23-11-22-14)17(27)15-9-12-5-3-4-6-13(12)10-21-15/h3-6,9-11,17H,7-8H2,1-2H3,(H,22,23)/t17-/m0/s1. The Kier molecular flexibility index (Phi) is 4.01. The molecule has 9 heteroatoms. The molecule has 1 atom stereocenters. The first-order valence-electron chi connectivity index (χ1n) is 9.30. The van der Waals surface area contributed by atoms with Crippen LogP contribution in [0.1, 0.15) is 33.8 Å². The van der Waals surface area contributed by atoms with E-state index < -0.39 is 6.04 Å². The third-order valence-electron chi connectivity index (χ3n) is 5.10. The van der Waals surface area contributed by atoms with Gasteiger partial charge in [0.1, 0.15) is 6.04 Å². The predicted molar refractivity (Wildman–Crippen MR) is 106 cm³/mol. The molecule has 1 aromatic carbocycles. The molecule has 29 heavy (non-hydrogen) atoms. The number of amides is 1. The molecule has 146 valence electrons. The van der Waals surface area contributed by atoms with E-state index >= 15 is 0 Å². The number of aromatic nitrogens is 5. The largest absolute Gasteiger partial charge is 0.399 e. The van der Waals surface area contributed by atoms with Crippen LogP contribution in [0.15, 0.2) is 47.3 Å². The number of carbonyl (C=O) groups is 1. The summed E-state index contributed by atoms with van der Waals surface area (Å²) in [5.74, 6) is -0.377. The summed E-state index contributed by atoms with van der Waals surface area (Å²) in [5, 5.41) is 9.96. The van der Waals surface area contributed by atoms with E-state index in [-0.39, 0.29) is 17.8 Å². The maximum absolute atomic E-state index is 13.3. The van der Waals surface area contributed by atoms with Crippen LogP contribution in [-0.2, 0) is 6.42 Å². The smallest absolute Gasteiger partial charge is 0.318 e. The number of rotatable bonds is 3. The molecule has 0 bridgehead atoms. The minimum atomic E-state index is -0.434. The van der Waals surface area contributed by atoms with Crippen molar-refractivity contribution in [1.29, 1.82) is 0 Å². The van der Waals surface area contributed by atoms with E-state index in [1.165, 1.54) is 0 Å². The molecule has 5 rings (SSSR count). The van der Waals surface area contributed by atoms with Crippen molar-refractivity contribution >= 4 is 22.7 Å². The Bertz CT molecular complexity index is 1200. The molecule has 0 radical (unpaired) electrons. The molecule has 0 aliphatic carbocycles. The number of benzene rings is 1. The zero-order valence-corrected chi connectivity index (χ0v) is 16.0. The van der Waals surface area contributed by atoms with E-state index in [9.17, 15) is 4.79 Å². The molecule has 0 fully saturated rings. The van der Waals surface area contributed by atoms with Crippen LogP contribution < -0.4 is 4.90 Å². The Balaban J connectivity index is 1.59. The second-order valence-corrected chi connectivity index (χ2v) is 7.16. The van der Waals surface area contributed by atoms with Gasteiger partial charge in [-0.15, -0.1) is 5.10 Å². The van der Waals surface area contributed by atoms with Crippen LogP contribution in [0.25, 0.3) is 10.8 Å². The van der Waals surface area contributed by atoms with Gasteiger partial charge in [-0.3, -0.25) is 9.78 Å². The zero-order chi connectivity index (χ0) is 20.0. The molecule has 1 amide bonds. The summed E-state index contributed by atoms with van der Waals surface area (Å²) in [5.41, 5.74) is 2.55. The molecule has 0 saturated carbocycles. The Morgan fingerprint density at radius 1 is 1.21 bits per heavy atom. The monoisotopic (exact) mass is 389 g/mol. The van der Waals surface area contributed by atoms with Crippen LogP contribution in [0, 0.1) is 0 Å². The number of nitrogens with zero attached hydrogens (tertiary/aromatic N) is 6. The Morgan fingerprint density at radius 2 is 2.03 bits per heavy atom. The Hall–Kier alpha value is -3.75. The van der Waals surface area contributed by atoms with Gasteiger partial charge in [-0.1, -0.05) is 29.4 Å². The Labute approximate surface area is 166 Å². The van der Waals surface area contributed by atoms with E-state index in [1.54, 1.807) is 30.2 Å². The third-order valence-corrected chi connectivity index (χ3v) is 5.10. The minimum absolute atomic E-state index is 0.0431. The highest BCUT2D eigenvalue weighted by Crippen LogP contribution is 2.34. The molecule has 9 nitrogen and oxygen atoms in total. The van der Waals surface area contributed by atoms with Gasteiger partial charge in [0.25, 0.3) is 0 Å². The lowest BCUT2D eigenvalue weighted by atomic mass is 9.98. The fourth-order valence-corrected chi connectivity index (χ4v) is 3.65. The van der Waals surface area contributed by atoms with E-state index in [0.717, 1.165) is 27.9 Å². The van der Waals surface area contributed by atoms with Gasteiger partial charge in [0.05, 0.1) is 17.7 Å². The van der Waals surface area contributed by atoms with Crippen LogP contribution in [-0.4, -0.2) is 56.6 Å². The predicted octanol–water partition coefficient (Wildman–Crippen LogP) is 2.19. The summed E-state index contributed by atoms with van der Waals surface area (Å²) in [6.07, 6.45) is 4.15. The van der Waals surface area contributed by atoms with Crippen molar-refractivity contribution < 1.29 is 9.21 Å². The van der Waals surface area contributed by atoms with Gasteiger partial charge in [0, 0.05) is 44.3 Å². The number of imidazole rings is 1. The first kappa shape index (κ1) is 17.4. The lowest BCUT2D eigenvalue weighted by Gasteiger charge is -2.33. The summed E-state index contributed by atoms with van der Waals surface area (Å²) < 4.78 is 5.55. The van der Waals surface area contributed by atoms with Gasteiger partial charge >= 0.3 is 17.8 Å². The molecule has 0 unspecified atom stereocenters. The van der Waals surface area contributed by atoms with Crippen molar-refractivity contribution in [3.63, 3.8) is 0 Å². The van der Waals surface area contributed by atoms with Crippen molar-refractivity contribution in [3.8, 4) is 0 Å². The lowest BCUT2D eigenvalue weighted by Crippen LogP contribution is -2.41. The number of hydrogen-bond donors (Lipinski definition) is 1. The van der Waals surface area contributed by atoms with Crippen molar-refractivity contribution in [2.45, 2.75) is 12.5 Å². The molecule has 4 heterocycles. The fraction of sp³-hybridized carbons (Fsp3) is 0.250. The summed E-state index contributed by atoms with van der Waals surface area (Å²) in [4.78, 5) is 28.9. The Morgan fingerprint density at radius 3 is 2.83 bits per heavy atom. The van der Waals surface area contributed by atoms with Crippen molar-refractivity contribution in [2.75, 3.05) is 25.5 Å². The van der Waals surface area contributed by atoms with Crippen molar-refractivity contribution in [1.82, 2.24) is 30.0 Å². The quantitative estimate of drug-likeness (QED) is 0.573. The van der Waals surface area contributed by atoms with Gasteiger partial charge in [-0.2, -0.15) is 0 Å². The number of hydrogen-bond acceptors (Lipinski definition) is 7. The van der Waals surface area contributed by atoms with E-state index in [0.29, 0.717) is 13.0 Å². The number of anilines is 1. The maximum Gasteiger partial charge on any atom is 0.318 e. The summed E-state index contributed by atoms with van der Waals surface area (Å²) in [6.45, 7) is 0.493.